The number of aryl methyl sites for hydroxylation is 3. The molecule has 0 unspecified atom stereocenters. The van der Waals surface area contributed by atoms with Crippen LogP contribution in [0.1, 0.15) is 21.6 Å². The smallest absolute Gasteiger partial charge is 0.270 e. The maximum atomic E-state index is 12.9. The van der Waals surface area contributed by atoms with E-state index < -0.39 is 0 Å². The van der Waals surface area contributed by atoms with Gasteiger partial charge in [-0.15, -0.1) is 0 Å². The van der Waals surface area contributed by atoms with E-state index in [1.807, 2.05) is 74.1 Å². The van der Waals surface area contributed by atoms with E-state index in [1.165, 1.54) is 5.56 Å². The van der Waals surface area contributed by atoms with Crippen LogP contribution in [-0.2, 0) is 7.05 Å². The van der Waals surface area contributed by atoms with Gasteiger partial charge in [0.25, 0.3) is 5.91 Å². The van der Waals surface area contributed by atoms with Crippen molar-refractivity contribution in [2.45, 2.75) is 13.8 Å². The Morgan fingerprint density at radius 3 is 2.59 bits per heavy atom. The van der Waals surface area contributed by atoms with Gasteiger partial charge in [0.15, 0.2) is 0 Å². The fourth-order valence-electron chi connectivity index (χ4n) is 3.11. The van der Waals surface area contributed by atoms with E-state index in [0.717, 1.165) is 29.2 Å². The maximum Gasteiger partial charge on any atom is 0.270 e. The Morgan fingerprint density at radius 1 is 1.19 bits per heavy atom. The minimum Gasteiger partial charge on any atom is -0.349 e. The van der Waals surface area contributed by atoms with E-state index in [4.69, 9.17) is 5.10 Å². The summed E-state index contributed by atoms with van der Waals surface area (Å²) in [6, 6.07) is 12.0. The highest BCUT2D eigenvalue weighted by atomic mass is 16.2. The van der Waals surface area contributed by atoms with Crippen molar-refractivity contribution in [3.63, 3.8) is 0 Å². The molecule has 3 aromatic rings. The molecule has 0 aliphatic heterocycles. The van der Waals surface area contributed by atoms with E-state index in [2.05, 4.69) is 18.3 Å². The number of hydrogen-bond donors (Lipinski definition) is 1. The fourth-order valence-corrected chi connectivity index (χ4v) is 3.11. The van der Waals surface area contributed by atoms with E-state index in [1.54, 1.807) is 4.68 Å². The minimum absolute atomic E-state index is 0.121. The molecule has 0 radical (unpaired) electrons. The van der Waals surface area contributed by atoms with E-state index in [0.29, 0.717) is 12.2 Å². The van der Waals surface area contributed by atoms with Gasteiger partial charge in [-0.2, -0.15) is 5.10 Å². The highest BCUT2D eigenvalue weighted by molar-refractivity contribution is 5.94. The van der Waals surface area contributed by atoms with Gasteiger partial charge >= 0.3 is 0 Å². The molecule has 27 heavy (non-hydrogen) atoms. The molecule has 0 spiro atoms. The molecule has 0 atom stereocenters. The topological polar surface area (TPSA) is 55.1 Å². The zero-order chi connectivity index (χ0) is 19.6. The molecule has 0 aliphatic rings. The first-order chi connectivity index (χ1) is 12.9. The van der Waals surface area contributed by atoms with Crippen molar-refractivity contribution in [1.82, 2.24) is 24.6 Å². The molecule has 0 saturated carbocycles. The molecule has 0 bridgehead atoms. The largest absolute Gasteiger partial charge is 0.349 e. The van der Waals surface area contributed by atoms with Gasteiger partial charge in [0.05, 0.1) is 11.4 Å². The molecule has 6 nitrogen and oxygen atoms in total. The van der Waals surface area contributed by atoms with E-state index >= 15 is 0 Å². The number of hydrogen-bond acceptors (Lipinski definition) is 3. The van der Waals surface area contributed by atoms with Crippen LogP contribution in [0.5, 0.6) is 0 Å². The second kappa shape index (κ2) is 7.80. The number of nitrogens with zero attached hydrogens (tertiary/aromatic N) is 4. The van der Waals surface area contributed by atoms with Crippen LogP contribution >= 0.6 is 0 Å². The Labute approximate surface area is 160 Å². The number of nitrogens with one attached hydrogen (secondary N) is 1. The molecule has 2 aromatic heterocycles. The molecule has 3 rings (SSSR count). The monoisotopic (exact) mass is 365 g/mol. The quantitative estimate of drug-likeness (QED) is 0.731. The van der Waals surface area contributed by atoms with E-state index in [9.17, 15) is 4.79 Å². The van der Waals surface area contributed by atoms with Gasteiger partial charge in [0, 0.05) is 26.3 Å². The zero-order valence-electron chi connectivity index (χ0n) is 16.7. The lowest BCUT2D eigenvalue weighted by atomic mass is 10.1. The van der Waals surface area contributed by atoms with Crippen molar-refractivity contribution < 1.29 is 4.79 Å². The maximum absolute atomic E-state index is 12.9. The number of carbonyl (C=O) groups is 1. The number of rotatable bonds is 6. The second-order valence-corrected chi connectivity index (χ2v) is 7.18. The highest BCUT2D eigenvalue weighted by Crippen LogP contribution is 2.24. The lowest BCUT2D eigenvalue weighted by molar-refractivity contribution is 0.0943. The molecule has 1 aromatic carbocycles. The van der Waals surface area contributed by atoms with Crippen molar-refractivity contribution in [3.05, 3.63) is 59.4 Å². The normalized spacial score (nSPS) is 11.2. The summed E-state index contributed by atoms with van der Waals surface area (Å²) < 4.78 is 3.75. The second-order valence-electron chi connectivity index (χ2n) is 7.18. The van der Waals surface area contributed by atoms with Crippen LogP contribution in [0.2, 0.25) is 0 Å². The number of likely N-dealkylation sites (N-methyl/N-ethyl adjacent to an activating group) is 1. The standard InChI is InChI=1S/C21H27N5O/c1-15-8-9-18(16(2)13-15)26-20(21(27)22-10-12-24(3)4)14-17(23-26)19-7-6-11-25(19)5/h6-9,11,13-14H,10,12H2,1-5H3,(H,22,27). The van der Waals surface area contributed by atoms with Crippen molar-refractivity contribution in [2.75, 3.05) is 27.2 Å². The van der Waals surface area contributed by atoms with Gasteiger partial charge in [-0.05, 0) is 57.8 Å². The van der Waals surface area contributed by atoms with Crippen LogP contribution in [0.3, 0.4) is 0 Å². The molecule has 2 heterocycles. The van der Waals surface area contributed by atoms with Gasteiger partial charge < -0.3 is 14.8 Å². The minimum atomic E-state index is -0.121. The summed E-state index contributed by atoms with van der Waals surface area (Å²) >= 11 is 0. The van der Waals surface area contributed by atoms with Gasteiger partial charge in [-0.3, -0.25) is 4.79 Å². The Hall–Kier alpha value is -2.86. The van der Waals surface area contributed by atoms with E-state index in [-0.39, 0.29) is 5.91 Å². The molecule has 1 N–H and O–H groups in total. The number of carbonyl (C=O) groups excluding carboxylic acids is 1. The Balaban J connectivity index is 2.03. The Kier molecular flexibility index (Phi) is 5.46. The summed E-state index contributed by atoms with van der Waals surface area (Å²) in [5.74, 6) is -0.121. The molecular formula is C21H27N5O. The van der Waals surface area contributed by atoms with Gasteiger partial charge in [0.2, 0.25) is 0 Å². The predicted octanol–water partition coefficient (Wildman–Crippen LogP) is 2.79. The van der Waals surface area contributed by atoms with Gasteiger partial charge in [-0.1, -0.05) is 17.7 Å². The summed E-state index contributed by atoms with van der Waals surface area (Å²) in [5, 5.41) is 7.76. The van der Waals surface area contributed by atoms with Crippen LogP contribution in [0.25, 0.3) is 17.1 Å². The van der Waals surface area contributed by atoms with Gasteiger partial charge in [-0.25, -0.2) is 4.68 Å². The summed E-state index contributed by atoms with van der Waals surface area (Å²) in [7, 11) is 5.95. The molecule has 0 saturated heterocycles. The lowest BCUT2D eigenvalue weighted by Crippen LogP contribution is -2.32. The highest BCUT2D eigenvalue weighted by Gasteiger charge is 2.19. The fraction of sp³-hybridized carbons (Fsp3) is 0.333. The van der Waals surface area contributed by atoms with Crippen molar-refractivity contribution in [1.29, 1.82) is 0 Å². The first-order valence-corrected chi connectivity index (χ1v) is 9.09. The first-order valence-electron chi connectivity index (χ1n) is 9.09. The summed E-state index contributed by atoms with van der Waals surface area (Å²) in [5.41, 5.74) is 5.47. The van der Waals surface area contributed by atoms with Crippen LogP contribution in [-0.4, -0.2) is 52.3 Å². The SMILES string of the molecule is Cc1ccc(-n2nc(-c3cccn3C)cc2C(=O)NCCN(C)C)c(C)c1. The molecule has 1 amide bonds. The molecule has 142 valence electrons. The predicted molar refractivity (Wildman–Crippen MR) is 108 cm³/mol. The molecule has 0 aliphatic carbocycles. The van der Waals surface area contributed by atoms with Crippen LogP contribution in [0.15, 0.2) is 42.6 Å². The summed E-state index contributed by atoms with van der Waals surface area (Å²) in [6.45, 7) is 5.47. The van der Waals surface area contributed by atoms with Crippen LogP contribution in [0.4, 0.5) is 0 Å². The third kappa shape index (κ3) is 4.11. The van der Waals surface area contributed by atoms with Crippen molar-refractivity contribution >= 4 is 5.91 Å². The molecular weight excluding hydrogens is 338 g/mol. The third-order valence-corrected chi connectivity index (χ3v) is 4.57. The number of amides is 1. The third-order valence-electron chi connectivity index (χ3n) is 4.57. The zero-order valence-corrected chi connectivity index (χ0v) is 16.7. The average molecular weight is 365 g/mol. The Bertz CT molecular complexity index is 951. The molecule has 6 heteroatoms. The van der Waals surface area contributed by atoms with Crippen molar-refractivity contribution in [3.8, 4) is 17.1 Å². The average Bonchev–Trinajstić information content (AvgIpc) is 3.20. The number of benzene rings is 1. The van der Waals surface area contributed by atoms with Gasteiger partial charge in [0.1, 0.15) is 11.4 Å². The summed E-state index contributed by atoms with van der Waals surface area (Å²) in [6.07, 6.45) is 1.97. The first kappa shape index (κ1) is 18.9. The summed E-state index contributed by atoms with van der Waals surface area (Å²) in [4.78, 5) is 14.9. The number of aromatic nitrogens is 3. The molecule has 0 fully saturated rings. The van der Waals surface area contributed by atoms with Crippen LogP contribution in [0, 0.1) is 13.8 Å². The Morgan fingerprint density at radius 2 is 1.96 bits per heavy atom. The van der Waals surface area contributed by atoms with Crippen LogP contribution < -0.4 is 5.32 Å². The lowest BCUT2D eigenvalue weighted by Gasteiger charge is -2.13. The van der Waals surface area contributed by atoms with Crippen molar-refractivity contribution in [2.24, 2.45) is 7.05 Å².